The average Bonchev–Trinajstić information content (AvgIpc) is 3.24. The molecule has 0 aliphatic carbocycles. The van der Waals surface area contributed by atoms with Crippen LogP contribution in [0.15, 0.2) is 77.2 Å². The fraction of sp³-hybridized carbons (Fsp3) is 0.192. The molecule has 4 rings (SSSR count). The van der Waals surface area contributed by atoms with Gasteiger partial charge in [0.1, 0.15) is 0 Å². The lowest BCUT2D eigenvalue weighted by Crippen LogP contribution is -2.12. The standard InChI is InChI=1S/C26H25N3O2/c1-17-8-7-9-19(16-17)23(30)27-22-11-6-5-10-21(22)25-29-28-24(31-25)18-12-14-20(15-13-18)26(2,3)4/h5-16H,1-4H3,(H,27,30). The van der Waals surface area contributed by atoms with Crippen LogP contribution in [-0.4, -0.2) is 16.1 Å². The lowest BCUT2D eigenvalue weighted by molar-refractivity contribution is 0.102. The molecule has 5 heteroatoms. The Kier molecular flexibility index (Phi) is 5.42. The van der Waals surface area contributed by atoms with Crippen LogP contribution in [0.1, 0.15) is 42.3 Å². The molecule has 0 unspecified atom stereocenters. The van der Waals surface area contributed by atoms with Gasteiger partial charge >= 0.3 is 0 Å². The lowest BCUT2D eigenvalue weighted by atomic mass is 9.87. The van der Waals surface area contributed by atoms with Gasteiger partial charge in [-0.15, -0.1) is 10.2 Å². The number of aromatic nitrogens is 2. The molecular weight excluding hydrogens is 386 g/mol. The van der Waals surface area contributed by atoms with Crippen molar-refractivity contribution >= 4 is 11.6 Å². The normalized spacial score (nSPS) is 11.4. The molecule has 0 spiro atoms. The first-order chi connectivity index (χ1) is 14.8. The van der Waals surface area contributed by atoms with Crippen LogP contribution in [0.3, 0.4) is 0 Å². The van der Waals surface area contributed by atoms with E-state index in [1.165, 1.54) is 5.56 Å². The Morgan fingerprint density at radius 2 is 1.58 bits per heavy atom. The molecule has 1 heterocycles. The number of nitrogens with zero attached hydrogens (tertiary/aromatic N) is 2. The van der Waals surface area contributed by atoms with E-state index in [1.807, 2.05) is 61.5 Å². The molecule has 1 aromatic heterocycles. The van der Waals surface area contributed by atoms with Crippen molar-refractivity contribution < 1.29 is 9.21 Å². The Balaban J connectivity index is 1.60. The van der Waals surface area contributed by atoms with Gasteiger partial charge in [-0.25, -0.2) is 0 Å². The second kappa shape index (κ2) is 8.19. The molecule has 0 saturated heterocycles. The minimum Gasteiger partial charge on any atom is -0.416 e. The van der Waals surface area contributed by atoms with E-state index in [4.69, 9.17) is 4.42 Å². The second-order valence-electron chi connectivity index (χ2n) is 8.61. The number of anilines is 1. The molecule has 1 amide bonds. The molecule has 0 bridgehead atoms. The van der Waals surface area contributed by atoms with Crippen molar-refractivity contribution in [1.29, 1.82) is 0 Å². The van der Waals surface area contributed by atoms with Gasteiger partial charge in [0, 0.05) is 11.1 Å². The number of nitrogens with one attached hydrogen (secondary N) is 1. The Bertz CT molecular complexity index is 1220. The summed E-state index contributed by atoms with van der Waals surface area (Å²) in [7, 11) is 0. The van der Waals surface area contributed by atoms with Crippen LogP contribution in [0, 0.1) is 6.92 Å². The SMILES string of the molecule is Cc1cccc(C(=O)Nc2ccccc2-c2nnc(-c3ccc(C(C)(C)C)cc3)o2)c1. The Morgan fingerprint density at radius 3 is 2.29 bits per heavy atom. The molecule has 4 aromatic rings. The number of hydrogen-bond acceptors (Lipinski definition) is 4. The summed E-state index contributed by atoms with van der Waals surface area (Å²) in [6.45, 7) is 8.48. The van der Waals surface area contributed by atoms with E-state index in [2.05, 4.69) is 48.4 Å². The van der Waals surface area contributed by atoms with E-state index in [0.29, 0.717) is 28.6 Å². The fourth-order valence-corrected chi connectivity index (χ4v) is 3.32. The van der Waals surface area contributed by atoms with E-state index in [-0.39, 0.29) is 11.3 Å². The third kappa shape index (κ3) is 4.56. The zero-order valence-electron chi connectivity index (χ0n) is 18.1. The number of carbonyl (C=O) groups excluding carboxylic acids is 1. The van der Waals surface area contributed by atoms with Crippen LogP contribution in [0.2, 0.25) is 0 Å². The summed E-state index contributed by atoms with van der Waals surface area (Å²) in [5.41, 5.74) is 5.08. The first kappa shape index (κ1) is 20.5. The summed E-state index contributed by atoms with van der Waals surface area (Å²) in [4.78, 5) is 12.7. The van der Waals surface area contributed by atoms with E-state index in [1.54, 1.807) is 6.07 Å². The summed E-state index contributed by atoms with van der Waals surface area (Å²) in [6, 6.07) is 23.0. The molecule has 1 N–H and O–H groups in total. The van der Waals surface area contributed by atoms with Crippen LogP contribution in [0.5, 0.6) is 0 Å². The Morgan fingerprint density at radius 1 is 0.871 bits per heavy atom. The predicted molar refractivity (Wildman–Crippen MR) is 123 cm³/mol. The number of para-hydroxylation sites is 1. The summed E-state index contributed by atoms with van der Waals surface area (Å²) in [6.07, 6.45) is 0. The topological polar surface area (TPSA) is 68.0 Å². The summed E-state index contributed by atoms with van der Waals surface area (Å²) >= 11 is 0. The molecule has 0 saturated carbocycles. The lowest BCUT2D eigenvalue weighted by Gasteiger charge is -2.18. The Labute approximate surface area is 182 Å². The monoisotopic (exact) mass is 411 g/mol. The van der Waals surface area contributed by atoms with Gasteiger partial charge in [-0.2, -0.15) is 0 Å². The highest BCUT2D eigenvalue weighted by Crippen LogP contribution is 2.31. The molecule has 3 aromatic carbocycles. The maximum absolute atomic E-state index is 12.7. The Hall–Kier alpha value is -3.73. The molecular formula is C26H25N3O2. The van der Waals surface area contributed by atoms with Crippen molar-refractivity contribution in [3.8, 4) is 22.9 Å². The van der Waals surface area contributed by atoms with Crippen molar-refractivity contribution in [2.24, 2.45) is 0 Å². The average molecular weight is 412 g/mol. The van der Waals surface area contributed by atoms with Crippen molar-refractivity contribution in [1.82, 2.24) is 10.2 Å². The maximum Gasteiger partial charge on any atom is 0.255 e. The smallest absolute Gasteiger partial charge is 0.255 e. The molecule has 0 aliphatic heterocycles. The van der Waals surface area contributed by atoms with E-state index >= 15 is 0 Å². The van der Waals surface area contributed by atoms with Gasteiger partial charge in [-0.1, -0.05) is 62.7 Å². The molecule has 31 heavy (non-hydrogen) atoms. The zero-order valence-corrected chi connectivity index (χ0v) is 18.1. The van der Waals surface area contributed by atoms with Gasteiger partial charge in [0.15, 0.2) is 0 Å². The predicted octanol–water partition coefficient (Wildman–Crippen LogP) is 6.26. The quantitative estimate of drug-likeness (QED) is 0.430. The second-order valence-corrected chi connectivity index (χ2v) is 8.61. The van der Waals surface area contributed by atoms with Crippen LogP contribution in [0.4, 0.5) is 5.69 Å². The van der Waals surface area contributed by atoms with E-state index in [0.717, 1.165) is 11.1 Å². The molecule has 0 fully saturated rings. The van der Waals surface area contributed by atoms with Gasteiger partial charge < -0.3 is 9.73 Å². The molecule has 0 aliphatic rings. The number of carbonyl (C=O) groups is 1. The maximum atomic E-state index is 12.7. The van der Waals surface area contributed by atoms with Gasteiger partial charge in [-0.05, 0) is 54.3 Å². The summed E-state index contributed by atoms with van der Waals surface area (Å²) < 4.78 is 5.95. The van der Waals surface area contributed by atoms with Gasteiger partial charge in [0.2, 0.25) is 11.8 Å². The van der Waals surface area contributed by atoms with E-state index < -0.39 is 0 Å². The summed E-state index contributed by atoms with van der Waals surface area (Å²) in [5.74, 6) is 0.610. The third-order valence-corrected chi connectivity index (χ3v) is 5.11. The number of aryl methyl sites for hydroxylation is 1. The number of benzene rings is 3. The third-order valence-electron chi connectivity index (χ3n) is 5.11. The van der Waals surface area contributed by atoms with E-state index in [9.17, 15) is 4.79 Å². The molecule has 0 atom stereocenters. The molecule has 0 radical (unpaired) electrons. The highest BCUT2D eigenvalue weighted by atomic mass is 16.4. The van der Waals surface area contributed by atoms with Crippen molar-refractivity contribution in [2.75, 3.05) is 5.32 Å². The largest absolute Gasteiger partial charge is 0.416 e. The summed E-state index contributed by atoms with van der Waals surface area (Å²) in [5, 5.41) is 11.4. The minimum atomic E-state index is -0.186. The van der Waals surface area contributed by atoms with Crippen LogP contribution in [0.25, 0.3) is 22.9 Å². The minimum absolute atomic E-state index is 0.0764. The van der Waals surface area contributed by atoms with Gasteiger partial charge in [0.25, 0.3) is 5.91 Å². The highest BCUT2D eigenvalue weighted by molar-refractivity contribution is 6.06. The number of rotatable bonds is 4. The van der Waals surface area contributed by atoms with Crippen LogP contribution >= 0.6 is 0 Å². The first-order valence-corrected chi connectivity index (χ1v) is 10.2. The van der Waals surface area contributed by atoms with Crippen LogP contribution < -0.4 is 5.32 Å². The zero-order chi connectivity index (χ0) is 22.0. The first-order valence-electron chi connectivity index (χ1n) is 10.2. The van der Waals surface area contributed by atoms with Crippen molar-refractivity contribution in [3.05, 3.63) is 89.5 Å². The number of amides is 1. The van der Waals surface area contributed by atoms with Gasteiger partial charge in [0.05, 0.1) is 11.3 Å². The molecule has 156 valence electrons. The molecule has 5 nitrogen and oxygen atoms in total. The van der Waals surface area contributed by atoms with Crippen molar-refractivity contribution in [3.63, 3.8) is 0 Å². The number of hydrogen-bond donors (Lipinski definition) is 1. The van der Waals surface area contributed by atoms with Gasteiger partial charge in [-0.3, -0.25) is 4.79 Å². The van der Waals surface area contributed by atoms with Crippen molar-refractivity contribution in [2.45, 2.75) is 33.1 Å². The highest BCUT2D eigenvalue weighted by Gasteiger charge is 2.17. The fourth-order valence-electron chi connectivity index (χ4n) is 3.32. The van der Waals surface area contributed by atoms with Crippen LogP contribution in [-0.2, 0) is 5.41 Å².